The summed E-state index contributed by atoms with van der Waals surface area (Å²) >= 11 is 0. The molecule has 1 aliphatic carbocycles. The third-order valence-corrected chi connectivity index (χ3v) is 5.28. The molecule has 1 aromatic carbocycles. The summed E-state index contributed by atoms with van der Waals surface area (Å²) in [6.45, 7) is 2.48. The molecule has 2 amide bonds. The molecular formula is C20H28N2O3. The van der Waals surface area contributed by atoms with Crippen LogP contribution < -0.4 is 5.32 Å². The molecule has 1 aliphatic heterocycles. The Morgan fingerprint density at radius 2 is 1.84 bits per heavy atom. The Labute approximate surface area is 149 Å². The predicted octanol–water partition coefficient (Wildman–Crippen LogP) is 2.15. The number of hydrogen-bond acceptors (Lipinski definition) is 3. The van der Waals surface area contributed by atoms with Gasteiger partial charge in [0.1, 0.15) is 0 Å². The van der Waals surface area contributed by atoms with E-state index in [-0.39, 0.29) is 24.3 Å². The molecule has 0 spiro atoms. The van der Waals surface area contributed by atoms with Gasteiger partial charge in [0.15, 0.2) is 0 Å². The standard InChI is InChI=1S/C20H28N2O3/c23-19(9-10-20(24)22-11-13-25-14-12-22)21-18-8-4-7-17(18)15-16-5-2-1-3-6-16/h1-3,5-6,17-18H,4,7-15H2,(H,21,23)/t17-,18+/m0/s1. The highest BCUT2D eigenvalue weighted by atomic mass is 16.5. The third kappa shape index (κ3) is 5.30. The van der Waals surface area contributed by atoms with Crippen molar-refractivity contribution in [3.63, 3.8) is 0 Å². The van der Waals surface area contributed by atoms with Gasteiger partial charge >= 0.3 is 0 Å². The highest BCUT2D eigenvalue weighted by Gasteiger charge is 2.28. The molecule has 0 aromatic heterocycles. The topological polar surface area (TPSA) is 58.6 Å². The fraction of sp³-hybridized carbons (Fsp3) is 0.600. The van der Waals surface area contributed by atoms with Crippen LogP contribution in [0.3, 0.4) is 0 Å². The Hall–Kier alpha value is -1.88. The Kier molecular flexibility index (Phi) is 6.45. The number of amides is 2. The second kappa shape index (κ2) is 8.99. The lowest BCUT2D eigenvalue weighted by molar-refractivity contribution is -0.137. The molecule has 1 N–H and O–H groups in total. The van der Waals surface area contributed by atoms with E-state index in [4.69, 9.17) is 4.74 Å². The maximum Gasteiger partial charge on any atom is 0.223 e. The van der Waals surface area contributed by atoms with Gasteiger partial charge in [0, 0.05) is 32.0 Å². The molecule has 2 atom stereocenters. The molecule has 0 unspecified atom stereocenters. The molecule has 0 bridgehead atoms. The van der Waals surface area contributed by atoms with Gasteiger partial charge in [-0.1, -0.05) is 36.8 Å². The quantitative estimate of drug-likeness (QED) is 0.860. The molecule has 1 aromatic rings. The molecule has 2 aliphatic rings. The van der Waals surface area contributed by atoms with Gasteiger partial charge in [-0.15, -0.1) is 0 Å². The first kappa shape index (κ1) is 17.9. The molecule has 3 rings (SSSR count). The number of nitrogens with one attached hydrogen (secondary N) is 1. The Morgan fingerprint density at radius 3 is 2.60 bits per heavy atom. The molecule has 0 radical (unpaired) electrons. The number of nitrogens with zero attached hydrogens (tertiary/aromatic N) is 1. The molecule has 1 saturated carbocycles. The van der Waals surface area contributed by atoms with Crippen LogP contribution in [0.1, 0.15) is 37.7 Å². The zero-order valence-electron chi connectivity index (χ0n) is 14.8. The summed E-state index contributed by atoms with van der Waals surface area (Å²) in [6.07, 6.45) is 4.95. The molecule has 1 saturated heterocycles. The first-order chi connectivity index (χ1) is 12.2. The number of benzene rings is 1. The van der Waals surface area contributed by atoms with E-state index < -0.39 is 0 Å². The van der Waals surface area contributed by atoms with Crippen LogP contribution >= 0.6 is 0 Å². The first-order valence-corrected chi connectivity index (χ1v) is 9.41. The van der Waals surface area contributed by atoms with Crippen LogP contribution in [0.2, 0.25) is 0 Å². The van der Waals surface area contributed by atoms with Gasteiger partial charge in [0.2, 0.25) is 11.8 Å². The summed E-state index contributed by atoms with van der Waals surface area (Å²) in [5.41, 5.74) is 1.33. The van der Waals surface area contributed by atoms with E-state index >= 15 is 0 Å². The number of carbonyl (C=O) groups excluding carboxylic acids is 2. The van der Waals surface area contributed by atoms with Crippen molar-refractivity contribution < 1.29 is 14.3 Å². The largest absolute Gasteiger partial charge is 0.378 e. The van der Waals surface area contributed by atoms with E-state index in [0.717, 1.165) is 25.7 Å². The Morgan fingerprint density at radius 1 is 1.08 bits per heavy atom. The van der Waals surface area contributed by atoms with Crippen molar-refractivity contribution in [2.75, 3.05) is 26.3 Å². The Balaban J connectivity index is 1.42. The van der Waals surface area contributed by atoms with Gasteiger partial charge in [-0.3, -0.25) is 9.59 Å². The fourth-order valence-electron chi connectivity index (χ4n) is 3.86. The van der Waals surface area contributed by atoms with Gasteiger partial charge in [-0.05, 0) is 30.7 Å². The van der Waals surface area contributed by atoms with Gasteiger partial charge in [0.05, 0.1) is 13.2 Å². The van der Waals surface area contributed by atoms with Gasteiger partial charge < -0.3 is 15.0 Å². The number of ether oxygens (including phenoxy) is 1. The molecule has 5 nitrogen and oxygen atoms in total. The van der Waals surface area contributed by atoms with Crippen molar-refractivity contribution >= 4 is 11.8 Å². The lowest BCUT2D eigenvalue weighted by Crippen LogP contribution is -2.42. The van der Waals surface area contributed by atoms with Crippen LogP contribution in [0.4, 0.5) is 0 Å². The number of hydrogen-bond donors (Lipinski definition) is 1. The van der Waals surface area contributed by atoms with Crippen LogP contribution in [0, 0.1) is 5.92 Å². The molecule has 1 heterocycles. The van der Waals surface area contributed by atoms with E-state index in [2.05, 4.69) is 29.6 Å². The van der Waals surface area contributed by atoms with E-state index in [9.17, 15) is 9.59 Å². The summed E-state index contributed by atoms with van der Waals surface area (Å²) < 4.78 is 5.25. The summed E-state index contributed by atoms with van der Waals surface area (Å²) in [4.78, 5) is 26.2. The van der Waals surface area contributed by atoms with Crippen LogP contribution in [0.15, 0.2) is 30.3 Å². The Bertz CT molecular complexity index is 570. The minimum absolute atomic E-state index is 0.00608. The summed E-state index contributed by atoms with van der Waals surface area (Å²) in [5, 5.41) is 3.17. The second-order valence-corrected chi connectivity index (χ2v) is 7.05. The SMILES string of the molecule is O=C(CCC(=O)N1CCOCC1)N[C@@H]1CCC[C@H]1Cc1ccccc1. The van der Waals surface area contributed by atoms with Crippen molar-refractivity contribution in [2.24, 2.45) is 5.92 Å². The van der Waals surface area contributed by atoms with E-state index in [1.54, 1.807) is 4.90 Å². The average molecular weight is 344 g/mol. The molecule has 136 valence electrons. The van der Waals surface area contributed by atoms with Gasteiger partial charge in [0.25, 0.3) is 0 Å². The van der Waals surface area contributed by atoms with Crippen LogP contribution in [0.25, 0.3) is 0 Å². The van der Waals surface area contributed by atoms with Crippen molar-refractivity contribution in [3.05, 3.63) is 35.9 Å². The highest BCUT2D eigenvalue weighted by molar-refractivity contribution is 5.84. The number of carbonyl (C=O) groups is 2. The summed E-state index contributed by atoms with van der Waals surface area (Å²) in [6, 6.07) is 10.7. The summed E-state index contributed by atoms with van der Waals surface area (Å²) in [5.74, 6) is 0.568. The molecule has 25 heavy (non-hydrogen) atoms. The lowest BCUT2D eigenvalue weighted by Gasteiger charge is -2.27. The van der Waals surface area contributed by atoms with Crippen LogP contribution in [0.5, 0.6) is 0 Å². The van der Waals surface area contributed by atoms with E-state index in [0.29, 0.717) is 38.6 Å². The van der Waals surface area contributed by atoms with Crippen LogP contribution in [-0.2, 0) is 20.7 Å². The van der Waals surface area contributed by atoms with Crippen molar-refractivity contribution in [1.29, 1.82) is 0 Å². The molecule has 5 heteroatoms. The average Bonchev–Trinajstić information content (AvgIpc) is 3.08. The summed E-state index contributed by atoms with van der Waals surface area (Å²) in [7, 11) is 0. The normalized spacial score (nSPS) is 23.4. The number of rotatable bonds is 6. The maximum absolute atomic E-state index is 12.3. The monoisotopic (exact) mass is 344 g/mol. The highest BCUT2D eigenvalue weighted by Crippen LogP contribution is 2.29. The van der Waals surface area contributed by atoms with Crippen molar-refractivity contribution in [2.45, 2.75) is 44.6 Å². The third-order valence-electron chi connectivity index (χ3n) is 5.28. The minimum atomic E-state index is 0.00608. The smallest absolute Gasteiger partial charge is 0.223 e. The van der Waals surface area contributed by atoms with E-state index in [1.807, 2.05) is 6.07 Å². The first-order valence-electron chi connectivity index (χ1n) is 9.41. The maximum atomic E-state index is 12.3. The van der Waals surface area contributed by atoms with E-state index in [1.165, 1.54) is 5.56 Å². The fourth-order valence-corrected chi connectivity index (χ4v) is 3.86. The zero-order valence-corrected chi connectivity index (χ0v) is 14.8. The van der Waals surface area contributed by atoms with Crippen LogP contribution in [-0.4, -0.2) is 49.1 Å². The van der Waals surface area contributed by atoms with Gasteiger partial charge in [-0.25, -0.2) is 0 Å². The lowest BCUT2D eigenvalue weighted by atomic mass is 9.94. The zero-order chi connectivity index (χ0) is 17.5. The second-order valence-electron chi connectivity index (χ2n) is 7.05. The van der Waals surface area contributed by atoms with Crippen molar-refractivity contribution in [1.82, 2.24) is 10.2 Å². The molecule has 2 fully saturated rings. The minimum Gasteiger partial charge on any atom is -0.378 e. The predicted molar refractivity (Wildman–Crippen MR) is 96.1 cm³/mol. The van der Waals surface area contributed by atoms with Gasteiger partial charge in [-0.2, -0.15) is 0 Å². The van der Waals surface area contributed by atoms with Crippen molar-refractivity contribution in [3.8, 4) is 0 Å². The molecular weight excluding hydrogens is 316 g/mol. The number of morpholine rings is 1.